The van der Waals surface area contributed by atoms with Crippen LogP contribution in [0.2, 0.25) is 0 Å². The molecule has 1 aromatic carbocycles. The van der Waals surface area contributed by atoms with Gasteiger partial charge in [0.05, 0.1) is 54.1 Å². The first-order valence-electron chi connectivity index (χ1n) is 20.2. The lowest BCUT2D eigenvalue weighted by atomic mass is 9.83. The molecule has 5 aliphatic heterocycles. The van der Waals surface area contributed by atoms with Crippen LogP contribution < -0.4 is 11.2 Å². The molecule has 0 spiro atoms. The molecular weight excluding hydrogens is 774 g/mol. The van der Waals surface area contributed by atoms with Crippen molar-refractivity contribution in [1.29, 1.82) is 0 Å². The lowest BCUT2D eigenvalue weighted by molar-refractivity contribution is -0.155. The first-order valence-corrected chi connectivity index (χ1v) is 21.1. The second-order valence-corrected chi connectivity index (χ2v) is 18.0. The second-order valence-electron chi connectivity index (χ2n) is 17.0. The predicted molar refractivity (Wildman–Crippen MR) is 215 cm³/mol. The van der Waals surface area contributed by atoms with E-state index in [1.165, 1.54) is 20.9 Å². The van der Waals surface area contributed by atoms with E-state index in [-0.39, 0.29) is 37.4 Å². The van der Waals surface area contributed by atoms with Crippen LogP contribution in [0.15, 0.2) is 34.3 Å². The van der Waals surface area contributed by atoms with Crippen molar-refractivity contribution in [3.05, 3.63) is 45.5 Å². The van der Waals surface area contributed by atoms with E-state index in [9.17, 15) is 22.8 Å². The molecule has 5 atom stereocenters. The van der Waals surface area contributed by atoms with Gasteiger partial charge in [0.1, 0.15) is 12.6 Å². The summed E-state index contributed by atoms with van der Waals surface area (Å²) < 4.78 is 63.6. The lowest BCUT2D eigenvalue weighted by Crippen LogP contribution is -2.60. The van der Waals surface area contributed by atoms with Crippen LogP contribution >= 0.6 is 11.3 Å². The standard InChI is InChI=1S/C41H53F3N8O5S/c1-24(55-4)36-29(15-26(18-46-36)50-11-10-49-12-13-56-20-27(49)19-50)37-30-17-40(2,3)23-57-39(54)32-6-5-9-52(48-32)38(53)31(45)16-35-47-33(21-58-35)25-7-8-34(28(30)14-25)51(37)22-41(42,43)44/h7-8,14,18,21,24,26-27,31-32,48H,5-6,9-13,15-17,19-20,22-23,45H2,1-4H3/t24-,26?,27-,31-,32-/m0/s1. The number of methoxy groups -OCH3 is 1. The van der Waals surface area contributed by atoms with Crippen LogP contribution in [-0.2, 0) is 43.2 Å². The molecule has 8 rings (SSSR count). The summed E-state index contributed by atoms with van der Waals surface area (Å²) in [6, 6.07) is 3.90. The van der Waals surface area contributed by atoms with Crippen molar-refractivity contribution >= 4 is 45.9 Å². The number of fused-ring (bicyclic) bond motifs is 7. The number of carbonyl (C=O) groups excluding carboxylic acids is 2. The van der Waals surface area contributed by atoms with Crippen molar-refractivity contribution in [1.82, 2.24) is 29.8 Å². The number of aliphatic imine (C=N–C) groups is 1. The first kappa shape index (κ1) is 41.0. The summed E-state index contributed by atoms with van der Waals surface area (Å²) >= 11 is 1.37. The van der Waals surface area contributed by atoms with Crippen LogP contribution in [0.5, 0.6) is 0 Å². The number of amides is 1. The molecule has 17 heteroatoms. The lowest BCUT2D eigenvalue weighted by Gasteiger charge is -2.46. The van der Waals surface area contributed by atoms with Gasteiger partial charge in [-0.2, -0.15) is 13.2 Å². The molecule has 3 aromatic rings. The van der Waals surface area contributed by atoms with Crippen molar-refractivity contribution in [2.45, 2.75) is 95.9 Å². The van der Waals surface area contributed by atoms with Gasteiger partial charge >= 0.3 is 12.1 Å². The van der Waals surface area contributed by atoms with Gasteiger partial charge in [-0.3, -0.25) is 29.4 Å². The number of hydrazine groups is 1. The highest BCUT2D eigenvalue weighted by molar-refractivity contribution is 7.10. The Morgan fingerprint density at radius 1 is 1.14 bits per heavy atom. The molecule has 3 fully saturated rings. The van der Waals surface area contributed by atoms with Gasteiger partial charge in [-0.15, -0.1) is 11.3 Å². The van der Waals surface area contributed by atoms with Gasteiger partial charge in [0, 0.05) is 97.4 Å². The number of thiazole rings is 1. The van der Waals surface area contributed by atoms with E-state index >= 15 is 0 Å². The van der Waals surface area contributed by atoms with Gasteiger partial charge in [-0.25, -0.2) is 10.4 Å². The highest BCUT2D eigenvalue weighted by Gasteiger charge is 2.40. The van der Waals surface area contributed by atoms with Crippen LogP contribution in [0, 0.1) is 5.41 Å². The molecule has 0 saturated carbocycles. The minimum atomic E-state index is -4.54. The van der Waals surface area contributed by atoms with Gasteiger partial charge < -0.3 is 24.5 Å². The molecule has 314 valence electrons. The Hall–Kier alpha value is -3.71. The van der Waals surface area contributed by atoms with E-state index < -0.39 is 42.3 Å². The molecule has 1 amide bonds. The highest BCUT2D eigenvalue weighted by Crippen LogP contribution is 2.43. The van der Waals surface area contributed by atoms with Crippen molar-refractivity contribution in [2.24, 2.45) is 16.1 Å². The molecule has 0 radical (unpaired) electrons. The number of hydrogen-bond acceptors (Lipinski definition) is 12. The van der Waals surface area contributed by atoms with Crippen LogP contribution in [-0.4, -0.2) is 139 Å². The molecule has 1 unspecified atom stereocenters. The molecule has 0 aliphatic carbocycles. The van der Waals surface area contributed by atoms with Crippen molar-refractivity contribution < 1.29 is 37.0 Å². The number of esters is 1. The molecule has 7 heterocycles. The SMILES string of the molecule is CO[C@@H](C)C1=C(c2c3c4cc(ccc4n2CC(F)(F)F)-c2csc(n2)C[C@H](N)C(=O)N2CCC[C@H](N2)C(=O)OCC(C)(C)C3)CC(N2CCN3CCOC[C@@H]3C2)C=N1. The molecule has 6 bridgehead atoms. The van der Waals surface area contributed by atoms with E-state index in [2.05, 4.69) is 15.2 Å². The van der Waals surface area contributed by atoms with Gasteiger partial charge in [-0.1, -0.05) is 19.9 Å². The molecule has 3 N–H and O–H groups in total. The van der Waals surface area contributed by atoms with Crippen molar-refractivity contribution in [2.75, 3.05) is 59.7 Å². The maximum absolute atomic E-state index is 14.9. The summed E-state index contributed by atoms with van der Waals surface area (Å²) in [6.45, 7) is 9.65. The minimum absolute atomic E-state index is 0.00706. The Labute approximate surface area is 340 Å². The number of benzene rings is 1. The smallest absolute Gasteiger partial charge is 0.406 e. The Bertz CT molecular complexity index is 2100. The van der Waals surface area contributed by atoms with E-state index in [1.807, 2.05) is 38.4 Å². The summed E-state index contributed by atoms with van der Waals surface area (Å²) in [7, 11) is 1.58. The van der Waals surface area contributed by atoms with Crippen LogP contribution in [0.25, 0.3) is 27.7 Å². The fourth-order valence-corrected chi connectivity index (χ4v) is 9.92. The maximum Gasteiger partial charge on any atom is 0.406 e. The number of hydrogen-bond donors (Lipinski definition) is 2. The monoisotopic (exact) mass is 826 g/mol. The Morgan fingerprint density at radius 2 is 1.95 bits per heavy atom. The quantitative estimate of drug-likeness (QED) is 0.356. The third kappa shape index (κ3) is 8.49. The topological polar surface area (TPSA) is 140 Å². The average Bonchev–Trinajstić information content (AvgIpc) is 3.79. The third-order valence-corrected chi connectivity index (χ3v) is 13.0. The molecule has 5 aliphatic rings. The first-order chi connectivity index (χ1) is 27.7. The molecule has 2 aromatic heterocycles. The van der Waals surface area contributed by atoms with Crippen molar-refractivity contribution in [3.8, 4) is 11.3 Å². The molecule has 3 saturated heterocycles. The van der Waals surface area contributed by atoms with Crippen LogP contribution in [0.3, 0.4) is 0 Å². The predicted octanol–water partition coefficient (Wildman–Crippen LogP) is 4.42. The fraction of sp³-hybridized carbons (Fsp3) is 0.610. The Morgan fingerprint density at radius 3 is 2.74 bits per heavy atom. The summed E-state index contributed by atoms with van der Waals surface area (Å²) in [4.78, 5) is 41.6. The number of nitrogens with one attached hydrogen (secondary N) is 1. The third-order valence-electron chi connectivity index (χ3n) is 12.1. The highest BCUT2D eigenvalue weighted by atomic mass is 32.1. The summed E-state index contributed by atoms with van der Waals surface area (Å²) in [5.74, 6) is -0.838. The van der Waals surface area contributed by atoms with E-state index in [0.717, 1.165) is 31.7 Å². The number of rotatable bonds is 5. The normalized spacial score (nSPS) is 27.1. The largest absolute Gasteiger partial charge is 0.464 e. The van der Waals surface area contributed by atoms with E-state index in [1.54, 1.807) is 19.2 Å². The number of nitrogens with zero attached hydrogens (tertiary/aromatic N) is 6. The molecule has 13 nitrogen and oxygen atoms in total. The number of piperazine rings is 1. The van der Waals surface area contributed by atoms with Crippen molar-refractivity contribution in [3.63, 3.8) is 0 Å². The zero-order valence-corrected chi connectivity index (χ0v) is 34.3. The number of halogens is 3. The second kappa shape index (κ2) is 16.4. The maximum atomic E-state index is 14.9. The fourth-order valence-electron chi connectivity index (χ4n) is 9.06. The van der Waals surface area contributed by atoms with Gasteiger partial charge in [0.2, 0.25) is 0 Å². The number of nitrogens with two attached hydrogens (primary N) is 1. The average molecular weight is 827 g/mol. The summed E-state index contributed by atoms with van der Waals surface area (Å²) in [6.07, 6.45) is -1.15. The van der Waals surface area contributed by atoms with Gasteiger partial charge in [0.15, 0.2) is 0 Å². The number of alkyl halides is 3. The Kier molecular flexibility index (Phi) is 11.6. The summed E-state index contributed by atoms with van der Waals surface area (Å²) in [5, 5.41) is 4.60. The van der Waals surface area contributed by atoms with Gasteiger partial charge in [-0.05, 0) is 50.3 Å². The minimum Gasteiger partial charge on any atom is -0.464 e. The number of morpholine rings is 1. The number of ether oxygens (including phenoxy) is 3. The summed E-state index contributed by atoms with van der Waals surface area (Å²) in [5.41, 5.74) is 13.0. The number of cyclic esters (lactones) is 1. The van der Waals surface area contributed by atoms with E-state index in [0.29, 0.717) is 83.2 Å². The van der Waals surface area contributed by atoms with Crippen LogP contribution in [0.1, 0.15) is 56.3 Å². The Balaban J connectivity index is 1.27. The van der Waals surface area contributed by atoms with Crippen LogP contribution in [0.4, 0.5) is 13.2 Å². The van der Waals surface area contributed by atoms with Gasteiger partial charge in [0.25, 0.3) is 5.91 Å². The zero-order chi connectivity index (χ0) is 40.9. The molecule has 58 heavy (non-hydrogen) atoms. The zero-order valence-electron chi connectivity index (χ0n) is 33.5. The molecular formula is C41H53F3N8O5S. The number of aromatic nitrogens is 2. The van der Waals surface area contributed by atoms with E-state index in [4.69, 9.17) is 29.9 Å². The number of carbonyl (C=O) groups is 2.